The van der Waals surface area contributed by atoms with Crippen LogP contribution >= 0.6 is 0 Å². The summed E-state index contributed by atoms with van der Waals surface area (Å²) in [6.07, 6.45) is -4.31. The van der Waals surface area contributed by atoms with E-state index >= 15 is 0 Å². The van der Waals surface area contributed by atoms with Gasteiger partial charge in [-0.2, -0.15) is 4.98 Å². The lowest BCUT2D eigenvalue weighted by Gasteiger charge is -2.18. The van der Waals surface area contributed by atoms with Crippen LogP contribution in [0.5, 0.6) is 0 Å². The molecule has 0 radical (unpaired) electrons. The van der Waals surface area contributed by atoms with E-state index in [0.29, 0.717) is 0 Å². The van der Waals surface area contributed by atoms with Crippen molar-refractivity contribution in [1.82, 2.24) is 19.5 Å². The third-order valence-electron chi connectivity index (χ3n) is 3.74. The van der Waals surface area contributed by atoms with Crippen LogP contribution in [0.1, 0.15) is 20.1 Å². The van der Waals surface area contributed by atoms with E-state index in [-0.39, 0.29) is 23.7 Å². The number of nitrogens with zero attached hydrogens (tertiary/aromatic N) is 3. The second-order valence-corrected chi connectivity index (χ2v) is 5.66. The number of ether oxygens (including phenoxy) is 3. The maximum atomic E-state index is 14.9. The Labute approximate surface area is 145 Å². The number of aromatic amines is 1. The zero-order valence-electron chi connectivity index (χ0n) is 13.8. The number of nitrogens with one attached hydrogen (secondary N) is 1. The molecule has 11 nitrogen and oxygen atoms in total. The third kappa shape index (κ3) is 3.22. The molecule has 2 aromatic rings. The normalized spacial score (nSPS) is 25.3. The number of rotatable bonds is 4. The summed E-state index contributed by atoms with van der Waals surface area (Å²) in [6, 6.07) is 0. The molecular formula is C14H16FN5O6. The summed E-state index contributed by atoms with van der Waals surface area (Å²) in [6.45, 7) is 1.99. The van der Waals surface area contributed by atoms with Crippen LogP contribution in [0.3, 0.4) is 0 Å². The largest absolute Gasteiger partial charge is 0.463 e. The van der Waals surface area contributed by atoms with E-state index in [1.807, 2.05) is 0 Å². The smallest absolute Gasteiger partial charge is 0.303 e. The van der Waals surface area contributed by atoms with E-state index in [1.54, 1.807) is 0 Å². The fourth-order valence-corrected chi connectivity index (χ4v) is 2.71. The first-order chi connectivity index (χ1) is 12.3. The monoisotopic (exact) mass is 369 g/mol. The molecule has 3 N–H and O–H groups in total. The molecule has 4 atom stereocenters. The molecule has 3 heterocycles. The lowest BCUT2D eigenvalue weighted by atomic mass is 10.1. The highest BCUT2D eigenvalue weighted by Gasteiger charge is 2.49. The average molecular weight is 369 g/mol. The van der Waals surface area contributed by atoms with E-state index < -0.39 is 42.1 Å². The summed E-state index contributed by atoms with van der Waals surface area (Å²) >= 11 is 0. The van der Waals surface area contributed by atoms with Gasteiger partial charge in [-0.3, -0.25) is 23.9 Å². The molecule has 1 saturated heterocycles. The van der Waals surface area contributed by atoms with Crippen LogP contribution in [0.15, 0.2) is 11.1 Å². The first kappa shape index (κ1) is 17.8. The van der Waals surface area contributed by atoms with Crippen molar-refractivity contribution in [3.8, 4) is 0 Å². The standard InChI is InChI=1S/C14H16FN5O6/c1-5(21)24-3-7-10(25-6(2)22)8(15)13(26-7)20-4-17-9-11(20)18-14(16)19-12(9)23/h4,7-8,10,13H,3H2,1-2H3,(H3,16,18,19,23)/t7-,8+,10-,13-/m1/s1. The van der Waals surface area contributed by atoms with Gasteiger partial charge in [-0.05, 0) is 0 Å². The summed E-state index contributed by atoms with van der Waals surface area (Å²) in [5.41, 5.74) is 4.88. The number of nitrogen functional groups attached to an aromatic ring is 1. The van der Waals surface area contributed by atoms with Gasteiger partial charge in [0, 0.05) is 13.8 Å². The summed E-state index contributed by atoms with van der Waals surface area (Å²) in [5, 5.41) is 0. The lowest BCUT2D eigenvalue weighted by molar-refractivity contribution is -0.156. The van der Waals surface area contributed by atoms with Gasteiger partial charge in [-0.1, -0.05) is 0 Å². The van der Waals surface area contributed by atoms with Gasteiger partial charge in [0.2, 0.25) is 5.95 Å². The summed E-state index contributed by atoms with van der Waals surface area (Å²) < 4.78 is 31.5. The van der Waals surface area contributed by atoms with Crippen molar-refractivity contribution in [2.75, 3.05) is 12.3 Å². The second-order valence-electron chi connectivity index (χ2n) is 5.66. The van der Waals surface area contributed by atoms with Gasteiger partial charge in [-0.15, -0.1) is 0 Å². The molecule has 140 valence electrons. The molecule has 3 rings (SSSR count). The third-order valence-corrected chi connectivity index (χ3v) is 3.74. The predicted octanol–water partition coefficient (Wildman–Crippen LogP) is -0.568. The van der Waals surface area contributed by atoms with Gasteiger partial charge < -0.3 is 19.9 Å². The van der Waals surface area contributed by atoms with Crippen molar-refractivity contribution in [3.05, 3.63) is 16.7 Å². The molecule has 0 amide bonds. The van der Waals surface area contributed by atoms with Crippen molar-refractivity contribution < 1.29 is 28.2 Å². The molecule has 0 bridgehead atoms. The van der Waals surface area contributed by atoms with Gasteiger partial charge in [0.05, 0.1) is 6.33 Å². The second kappa shape index (κ2) is 6.71. The Hall–Kier alpha value is -3.02. The summed E-state index contributed by atoms with van der Waals surface area (Å²) in [7, 11) is 0. The SMILES string of the molecule is CC(=O)OC[C@H]1O[C@@H](n2cnc3c(=O)[nH]c(N)nc32)[C@@H](F)[C@@H]1OC(C)=O. The number of aromatic nitrogens is 4. The first-order valence-electron chi connectivity index (χ1n) is 7.60. The predicted molar refractivity (Wildman–Crippen MR) is 83.6 cm³/mol. The Morgan fingerprint density at radius 2 is 2.15 bits per heavy atom. The van der Waals surface area contributed by atoms with Crippen LogP contribution in [0.2, 0.25) is 0 Å². The number of carbonyl (C=O) groups is 2. The van der Waals surface area contributed by atoms with E-state index in [0.717, 1.165) is 6.92 Å². The van der Waals surface area contributed by atoms with E-state index in [4.69, 9.17) is 19.9 Å². The van der Waals surface area contributed by atoms with Crippen LogP contribution < -0.4 is 11.3 Å². The molecule has 0 aromatic carbocycles. The number of anilines is 1. The number of hydrogen-bond acceptors (Lipinski definition) is 9. The number of fused-ring (bicyclic) bond motifs is 1. The molecular weight excluding hydrogens is 353 g/mol. The quantitative estimate of drug-likeness (QED) is 0.675. The molecule has 2 aromatic heterocycles. The molecule has 1 aliphatic rings. The molecule has 26 heavy (non-hydrogen) atoms. The number of nitrogens with two attached hydrogens (primary N) is 1. The Morgan fingerprint density at radius 3 is 2.81 bits per heavy atom. The van der Waals surface area contributed by atoms with Gasteiger partial charge in [0.15, 0.2) is 29.7 Å². The molecule has 1 aliphatic heterocycles. The molecule has 1 fully saturated rings. The number of hydrogen-bond donors (Lipinski definition) is 2. The minimum atomic E-state index is -1.82. The van der Waals surface area contributed by atoms with E-state index in [1.165, 1.54) is 17.8 Å². The van der Waals surface area contributed by atoms with Crippen LogP contribution in [0, 0.1) is 0 Å². The van der Waals surface area contributed by atoms with Crippen LogP contribution in [0.25, 0.3) is 11.2 Å². The topological polar surface area (TPSA) is 151 Å². The van der Waals surface area contributed by atoms with Crippen molar-refractivity contribution in [1.29, 1.82) is 0 Å². The molecule has 0 aliphatic carbocycles. The first-order valence-corrected chi connectivity index (χ1v) is 7.60. The number of esters is 2. The van der Waals surface area contributed by atoms with Crippen molar-refractivity contribution in [2.45, 2.75) is 38.5 Å². The average Bonchev–Trinajstić information content (AvgIpc) is 3.08. The van der Waals surface area contributed by atoms with Crippen LogP contribution in [0.4, 0.5) is 10.3 Å². The highest BCUT2D eigenvalue weighted by molar-refractivity contribution is 5.70. The summed E-state index contributed by atoms with van der Waals surface area (Å²) in [4.78, 5) is 44.2. The Bertz CT molecular complexity index is 911. The van der Waals surface area contributed by atoms with Crippen molar-refractivity contribution in [2.24, 2.45) is 0 Å². The van der Waals surface area contributed by atoms with Crippen molar-refractivity contribution >= 4 is 29.1 Å². The minimum Gasteiger partial charge on any atom is -0.463 e. The van der Waals surface area contributed by atoms with Crippen LogP contribution in [-0.2, 0) is 23.8 Å². The highest BCUT2D eigenvalue weighted by Crippen LogP contribution is 2.35. The maximum absolute atomic E-state index is 14.9. The Kier molecular flexibility index (Phi) is 4.59. The fraction of sp³-hybridized carbons (Fsp3) is 0.500. The maximum Gasteiger partial charge on any atom is 0.303 e. The zero-order chi connectivity index (χ0) is 19.0. The fourth-order valence-electron chi connectivity index (χ4n) is 2.71. The molecule has 0 saturated carbocycles. The minimum absolute atomic E-state index is 0.00797. The Morgan fingerprint density at radius 1 is 1.42 bits per heavy atom. The zero-order valence-corrected chi connectivity index (χ0v) is 13.8. The lowest BCUT2D eigenvalue weighted by Crippen LogP contribution is -2.36. The Balaban J connectivity index is 1.96. The van der Waals surface area contributed by atoms with Gasteiger partial charge in [0.25, 0.3) is 5.56 Å². The molecule has 12 heteroatoms. The van der Waals surface area contributed by atoms with Crippen LogP contribution in [-0.4, -0.2) is 56.4 Å². The van der Waals surface area contributed by atoms with Crippen molar-refractivity contribution in [3.63, 3.8) is 0 Å². The molecule has 0 spiro atoms. The molecule has 0 unspecified atom stereocenters. The van der Waals surface area contributed by atoms with E-state index in [9.17, 15) is 18.8 Å². The highest BCUT2D eigenvalue weighted by atomic mass is 19.1. The number of halogens is 1. The number of H-pyrrole nitrogens is 1. The van der Waals surface area contributed by atoms with Gasteiger partial charge in [-0.25, -0.2) is 9.37 Å². The number of carbonyl (C=O) groups excluding carboxylic acids is 2. The summed E-state index contributed by atoms with van der Waals surface area (Å²) in [5.74, 6) is -1.49. The van der Waals surface area contributed by atoms with E-state index in [2.05, 4.69) is 15.0 Å². The number of imidazole rings is 1. The number of alkyl halides is 1. The van der Waals surface area contributed by atoms with Gasteiger partial charge >= 0.3 is 11.9 Å². The van der Waals surface area contributed by atoms with Gasteiger partial charge in [0.1, 0.15) is 12.7 Å².